The van der Waals surface area contributed by atoms with Gasteiger partial charge in [-0.2, -0.15) is 0 Å². The molecule has 0 aliphatic carbocycles. The zero-order chi connectivity index (χ0) is 11.1. The minimum atomic E-state index is -3.68. The van der Waals surface area contributed by atoms with Gasteiger partial charge in [0.2, 0.25) is 0 Å². The Morgan fingerprint density at radius 3 is 2.53 bits per heavy atom. The van der Waals surface area contributed by atoms with E-state index in [1.54, 1.807) is 24.3 Å². The molecule has 15 heavy (non-hydrogen) atoms. The number of nitrogens with two attached hydrogens (primary N) is 1. The van der Waals surface area contributed by atoms with Crippen molar-refractivity contribution in [2.24, 2.45) is 0 Å². The molecule has 0 aromatic heterocycles. The fourth-order valence-corrected chi connectivity index (χ4v) is 2.22. The minimum Gasteiger partial charge on any atom is -0.398 e. The highest BCUT2D eigenvalue weighted by Crippen LogP contribution is 2.25. The van der Waals surface area contributed by atoms with Crippen LogP contribution >= 0.6 is 10.7 Å². The SMILES string of the molecule is Nc1cccc2cc(S(=O)(=O)Cl)ccc12. The lowest BCUT2D eigenvalue weighted by molar-refractivity contribution is 0.609. The third-order valence-corrected chi connectivity index (χ3v) is 3.52. The second-order valence-corrected chi connectivity index (χ2v) is 5.73. The Morgan fingerprint density at radius 2 is 1.87 bits per heavy atom. The van der Waals surface area contributed by atoms with Gasteiger partial charge >= 0.3 is 0 Å². The molecule has 2 aromatic carbocycles. The summed E-state index contributed by atoms with van der Waals surface area (Å²) in [4.78, 5) is 0.0854. The predicted molar refractivity (Wildman–Crippen MR) is 61.4 cm³/mol. The van der Waals surface area contributed by atoms with E-state index in [9.17, 15) is 8.42 Å². The molecule has 3 nitrogen and oxygen atoms in total. The van der Waals surface area contributed by atoms with Crippen molar-refractivity contribution in [1.29, 1.82) is 0 Å². The molecule has 0 aliphatic rings. The molecule has 0 spiro atoms. The Kier molecular flexibility index (Phi) is 2.32. The van der Waals surface area contributed by atoms with E-state index in [0.717, 1.165) is 10.8 Å². The van der Waals surface area contributed by atoms with Gasteiger partial charge in [-0.05, 0) is 23.6 Å². The molecule has 0 fully saturated rings. The van der Waals surface area contributed by atoms with E-state index < -0.39 is 9.05 Å². The van der Waals surface area contributed by atoms with Crippen LogP contribution in [0.1, 0.15) is 0 Å². The Balaban J connectivity index is 2.79. The topological polar surface area (TPSA) is 60.2 Å². The lowest BCUT2D eigenvalue weighted by atomic mass is 10.1. The lowest BCUT2D eigenvalue weighted by Gasteiger charge is -2.02. The van der Waals surface area contributed by atoms with Gasteiger partial charge in [-0.25, -0.2) is 8.42 Å². The smallest absolute Gasteiger partial charge is 0.261 e. The van der Waals surface area contributed by atoms with Crippen molar-refractivity contribution in [1.82, 2.24) is 0 Å². The first-order chi connectivity index (χ1) is 6.98. The van der Waals surface area contributed by atoms with Gasteiger partial charge < -0.3 is 5.73 Å². The molecule has 2 rings (SSSR count). The van der Waals surface area contributed by atoms with Gasteiger partial charge in [0, 0.05) is 21.8 Å². The molecule has 2 N–H and O–H groups in total. The van der Waals surface area contributed by atoms with Crippen molar-refractivity contribution in [3.05, 3.63) is 36.4 Å². The number of halogens is 1. The lowest BCUT2D eigenvalue weighted by Crippen LogP contribution is -1.91. The van der Waals surface area contributed by atoms with E-state index in [1.807, 2.05) is 0 Å². The highest BCUT2D eigenvalue weighted by molar-refractivity contribution is 8.13. The van der Waals surface area contributed by atoms with Gasteiger partial charge in [0.1, 0.15) is 0 Å². The number of benzene rings is 2. The maximum atomic E-state index is 11.1. The maximum absolute atomic E-state index is 11.1. The molecule has 0 bridgehead atoms. The molecule has 0 heterocycles. The van der Waals surface area contributed by atoms with E-state index in [2.05, 4.69) is 0 Å². The molecule has 0 aliphatic heterocycles. The third-order valence-electron chi connectivity index (χ3n) is 2.17. The van der Waals surface area contributed by atoms with Crippen LogP contribution in [0.2, 0.25) is 0 Å². The fourth-order valence-electron chi connectivity index (χ4n) is 1.44. The monoisotopic (exact) mass is 241 g/mol. The Morgan fingerprint density at radius 1 is 1.13 bits per heavy atom. The molecule has 5 heteroatoms. The van der Waals surface area contributed by atoms with E-state index in [0.29, 0.717) is 5.69 Å². The second kappa shape index (κ2) is 3.40. The van der Waals surface area contributed by atoms with Crippen LogP contribution in [0.5, 0.6) is 0 Å². The molecule has 0 saturated heterocycles. The maximum Gasteiger partial charge on any atom is 0.261 e. The molecule has 78 valence electrons. The summed E-state index contributed by atoms with van der Waals surface area (Å²) < 4.78 is 22.2. The summed E-state index contributed by atoms with van der Waals surface area (Å²) in [5, 5.41) is 1.58. The average Bonchev–Trinajstić information content (AvgIpc) is 2.16. The fraction of sp³-hybridized carbons (Fsp3) is 0. The van der Waals surface area contributed by atoms with E-state index >= 15 is 0 Å². The molecular formula is C10H8ClNO2S. The summed E-state index contributed by atoms with van der Waals surface area (Å²) in [6, 6.07) is 9.92. The Bertz CT molecular complexity index is 622. The first-order valence-corrected chi connectivity index (χ1v) is 6.52. The number of rotatable bonds is 1. The van der Waals surface area contributed by atoms with Gasteiger partial charge in [-0.3, -0.25) is 0 Å². The van der Waals surface area contributed by atoms with Crippen molar-refractivity contribution in [3.63, 3.8) is 0 Å². The van der Waals surface area contributed by atoms with Crippen LogP contribution in [0.15, 0.2) is 41.3 Å². The average molecular weight is 242 g/mol. The number of hydrogen-bond donors (Lipinski definition) is 1. The number of hydrogen-bond acceptors (Lipinski definition) is 3. The summed E-state index contributed by atoms with van der Waals surface area (Å²) in [5.41, 5.74) is 6.35. The van der Waals surface area contributed by atoms with Crippen molar-refractivity contribution in [2.75, 3.05) is 5.73 Å². The molecule has 0 amide bonds. The van der Waals surface area contributed by atoms with Crippen molar-refractivity contribution in [3.8, 4) is 0 Å². The molecule has 0 saturated carbocycles. The van der Waals surface area contributed by atoms with Crippen molar-refractivity contribution in [2.45, 2.75) is 4.90 Å². The van der Waals surface area contributed by atoms with Gasteiger partial charge in [-0.1, -0.05) is 18.2 Å². The van der Waals surface area contributed by atoms with Crippen LogP contribution in [-0.4, -0.2) is 8.42 Å². The molecule has 0 unspecified atom stereocenters. The Hall–Kier alpha value is -1.26. The highest BCUT2D eigenvalue weighted by Gasteiger charge is 2.10. The van der Waals surface area contributed by atoms with Crippen molar-refractivity contribution >= 4 is 36.2 Å². The quantitative estimate of drug-likeness (QED) is 0.616. The first-order valence-electron chi connectivity index (χ1n) is 4.21. The van der Waals surface area contributed by atoms with Crippen LogP contribution in [0.25, 0.3) is 10.8 Å². The minimum absolute atomic E-state index is 0.0854. The van der Waals surface area contributed by atoms with E-state index in [4.69, 9.17) is 16.4 Å². The van der Waals surface area contributed by atoms with Gasteiger partial charge in [0.15, 0.2) is 0 Å². The van der Waals surface area contributed by atoms with Gasteiger partial charge in [0.05, 0.1) is 4.90 Å². The van der Waals surface area contributed by atoms with Gasteiger partial charge in [0.25, 0.3) is 9.05 Å². The summed E-state index contributed by atoms with van der Waals surface area (Å²) >= 11 is 0. The number of nitrogen functional groups attached to an aromatic ring is 1. The normalized spacial score (nSPS) is 11.8. The van der Waals surface area contributed by atoms with Crippen LogP contribution in [0.4, 0.5) is 5.69 Å². The Labute approximate surface area is 91.9 Å². The van der Waals surface area contributed by atoms with E-state index in [1.165, 1.54) is 12.1 Å². The predicted octanol–water partition coefficient (Wildman–Crippen LogP) is 2.35. The summed E-state index contributed by atoms with van der Waals surface area (Å²) in [5.74, 6) is 0. The zero-order valence-electron chi connectivity index (χ0n) is 7.64. The number of fused-ring (bicyclic) bond motifs is 1. The summed E-state index contributed by atoms with van der Waals surface area (Å²) in [6.45, 7) is 0. The van der Waals surface area contributed by atoms with Crippen LogP contribution in [0.3, 0.4) is 0 Å². The second-order valence-electron chi connectivity index (χ2n) is 3.17. The largest absolute Gasteiger partial charge is 0.398 e. The summed E-state index contributed by atoms with van der Waals surface area (Å²) in [7, 11) is 1.56. The number of anilines is 1. The molecule has 0 radical (unpaired) electrons. The van der Waals surface area contributed by atoms with Crippen LogP contribution in [0, 0.1) is 0 Å². The van der Waals surface area contributed by atoms with Crippen LogP contribution in [-0.2, 0) is 9.05 Å². The van der Waals surface area contributed by atoms with E-state index in [-0.39, 0.29) is 4.90 Å². The van der Waals surface area contributed by atoms with Crippen molar-refractivity contribution < 1.29 is 8.42 Å². The first kappa shape index (κ1) is 10.3. The van der Waals surface area contributed by atoms with Crippen LogP contribution < -0.4 is 5.73 Å². The molecular weight excluding hydrogens is 234 g/mol. The van der Waals surface area contributed by atoms with Gasteiger partial charge in [-0.15, -0.1) is 0 Å². The molecule has 0 atom stereocenters. The molecule has 2 aromatic rings. The highest BCUT2D eigenvalue weighted by atomic mass is 35.7. The third kappa shape index (κ3) is 1.91. The standard InChI is InChI=1S/C10H8ClNO2S/c11-15(13,14)8-4-5-9-7(6-8)2-1-3-10(9)12/h1-6H,12H2. The zero-order valence-corrected chi connectivity index (χ0v) is 9.22. The summed E-state index contributed by atoms with van der Waals surface area (Å²) in [6.07, 6.45) is 0.